The summed E-state index contributed by atoms with van der Waals surface area (Å²) in [6.07, 6.45) is 1.61. The summed E-state index contributed by atoms with van der Waals surface area (Å²) in [6, 6.07) is 11.0. The number of carbonyl (C=O) groups is 4. The second-order valence-corrected chi connectivity index (χ2v) is 7.51. The first-order valence-corrected chi connectivity index (χ1v) is 10.3. The summed E-state index contributed by atoms with van der Waals surface area (Å²) in [5.74, 6) is -1.36. The smallest absolute Gasteiger partial charge is 0.261 e. The van der Waals surface area contributed by atoms with Crippen LogP contribution in [-0.2, 0) is 4.74 Å². The molecule has 1 unspecified atom stereocenters. The Morgan fingerprint density at radius 1 is 1.00 bits per heavy atom. The standard InChI is InChI=1S/C23H23N3O5/c1-2-24-20(27)14-5-8-16(9-6-14)25-21(28)15-7-10-18-19(12-15)23(30)26(22(18)29)13-17-4-3-11-31-17/h5-10,12,17H,2-4,11,13H2,1H3,(H,24,27)(H,25,28). The highest BCUT2D eigenvalue weighted by Crippen LogP contribution is 2.26. The third-order valence-corrected chi connectivity index (χ3v) is 5.39. The molecule has 1 fully saturated rings. The van der Waals surface area contributed by atoms with Crippen LogP contribution < -0.4 is 10.6 Å². The summed E-state index contributed by atoms with van der Waals surface area (Å²) in [5, 5.41) is 5.45. The Bertz CT molecular complexity index is 1040. The minimum atomic E-state index is -0.411. The summed E-state index contributed by atoms with van der Waals surface area (Å²) in [6.45, 7) is 3.24. The van der Waals surface area contributed by atoms with Gasteiger partial charge in [-0.3, -0.25) is 24.1 Å². The minimum Gasteiger partial charge on any atom is -0.376 e. The van der Waals surface area contributed by atoms with Crippen molar-refractivity contribution < 1.29 is 23.9 Å². The molecule has 2 aromatic carbocycles. The van der Waals surface area contributed by atoms with Crippen LogP contribution in [0.2, 0.25) is 0 Å². The lowest BCUT2D eigenvalue weighted by atomic mass is 10.1. The first kappa shape index (κ1) is 20.7. The number of nitrogens with zero attached hydrogens (tertiary/aromatic N) is 1. The Morgan fingerprint density at radius 3 is 2.39 bits per heavy atom. The quantitative estimate of drug-likeness (QED) is 0.697. The zero-order valence-electron chi connectivity index (χ0n) is 17.1. The maximum Gasteiger partial charge on any atom is 0.261 e. The van der Waals surface area contributed by atoms with E-state index in [1.54, 1.807) is 24.3 Å². The molecule has 0 radical (unpaired) electrons. The van der Waals surface area contributed by atoms with E-state index in [0.717, 1.165) is 12.8 Å². The van der Waals surface area contributed by atoms with Crippen LogP contribution in [0.3, 0.4) is 0 Å². The number of hydrogen-bond donors (Lipinski definition) is 2. The van der Waals surface area contributed by atoms with Gasteiger partial charge in [-0.1, -0.05) is 0 Å². The Hall–Kier alpha value is -3.52. The number of rotatable bonds is 6. The van der Waals surface area contributed by atoms with Crippen LogP contribution in [-0.4, -0.2) is 54.3 Å². The van der Waals surface area contributed by atoms with Crippen LogP contribution in [0.1, 0.15) is 61.2 Å². The maximum absolute atomic E-state index is 12.8. The van der Waals surface area contributed by atoms with Crippen molar-refractivity contribution in [2.24, 2.45) is 0 Å². The van der Waals surface area contributed by atoms with Crippen molar-refractivity contribution in [2.45, 2.75) is 25.9 Å². The Kier molecular flexibility index (Phi) is 5.81. The minimum absolute atomic E-state index is 0.132. The van der Waals surface area contributed by atoms with Gasteiger partial charge in [0.1, 0.15) is 0 Å². The van der Waals surface area contributed by atoms with Gasteiger partial charge in [-0.05, 0) is 62.2 Å². The average molecular weight is 421 g/mol. The van der Waals surface area contributed by atoms with Gasteiger partial charge in [-0.25, -0.2) is 0 Å². The first-order chi connectivity index (χ1) is 15.0. The molecule has 1 saturated heterocycles. The summed E-state index contributed by atoms with van der Waals surface area (Å²) < 4.78 is 5.54. The largest absolute Gasteiger partial charge is 0.376 e. The normalized spacial score (nSPS) is 17.6. The van der Waals surface area contributed by atoms with E-state index in [1.165, 1.54) is 23.1 Å². The van der Waals surface area contributed by atoms with Crippen molar-refractivity contribution in [3.05, 3.63) is 64.7 Å². The van der Waals surface area contributed by atoms with Gasteiger partial charge in [0.2, 0.25) is 0 Å². The molecule has 4 rings (SSSR count). The molecule has 2 aliphatic rings. The Labute approximate surface area is 179 Å². The average Bonchev–Trinajstić information content (AvgIpc) is 3.37. The van der Waals surface area contributed by atoms with Gasteiger partial charge < -0.3 is 15.4 Å². The lowest BCUT2D eigenvalue weighted by molar-refractivity contribution is 0.0475. The van der Waals surface area contributed by atoms with Gasteiger partial charge in [0.25, 0.3) is 23.6 Å². The number of carbonyl (C=O) groups excluding carboxylic acids is 4. The van der Waals surface area contributed by atoms with E-state index >= 15 is 0 Å². The van der Waals surface area contributed by atoms with E-state index in [9.17, 15) is 19.2 Å². The number of fused-ring (bicyclic) bond motifs is 1. The molecule has 2 aliphatic heterocycles. The molecule has 4 amide bonds. The fourth-order valence-electron chi connectivity index (χ4n) is 3.76. The monoisotopic (exact) mass is 421 g/mol. The molecular formula is C23H23N3O5. The van der Waals surface area contributed by atoms with E-state index in [0.29, 0.717) is 30.0 Å². The summed E-state index contributed by atoms with van der Waals surface area (Å²) >= 11 is 0. The molecule has 2 aromatic rings. The van der Waals surface area contributed by atoms with Crippen LogP contribution in [0.25, 0.3) is 0 Å². The predicted octanol–water partition coefficient (Wildman–Crippen LogP) is 2.46. The number of anilines is 1. The summed E-state index contributed by atoms with van der Waals surface area (Å²) in [7, 11) is 0. The molecule has 160 valence electrons. The molecule has 0 aliphatic carbocycles. The molecule has 1 atom stereocenters. The fraction of sp³-hybridized carbons (Fsp3) is 0.304. The number of hydrogen-bond acceptors (Lipinski definition) is 5. The van der Waals surface area contributed by atoms with Crippen molar-refractivity contribution in [1.82, 2.24) is 10.2 Å². The van der Waals surface area contributed by atoms with Gasteiger partial charge in [0.15, 0.2) is 0 Å². The van der Waals surface area contributed by atoms with E-state index in [2.05, 4.69) is 10.6 Å². The SMILES string of the molecule is CCNC(=O)c1ccc(NC(=O)c2ccc3c(c2)C(=O)N(CC2CCCO2)C3=O)cc1. The summed E-state index contributed by atoms with van der Waals surface area (Å²) in [5.41, 5.74) is 1.80. The van der Waals surface area contributed by atoms with Crippen LogP contribution in [0.5, 0.6) is 0 Å². The van der Waals surface area contributed by atoms with Crippen LogP contribution in [0, 0.1) is 0 Å². The number of amides is 4. The van der Waals surface area contributed by atoms with Crippen molar-refractivity contribution >= 4 is 29.3 Å². The number of benzene rings is 2. The van der Waals surface area contributed by atoms with Gasteiger partial charge >= 0.3 is 0 Å². The summed E-state index contributed by atoms with van der Waals surface area (Å²) in [4.78, 5) is 51.1. The zero-order chi connectivity index (χ0) is 22.0. The first-order valence-electron chi connectivity index (χ1n) is 10.3. The third-order valence-electron chi connectivity index (χ3n) is 5.39. The third kappa shape index (κ3) is 4.20. The zero-order valence-corrected chi connectivity index (χ0v) is 17.1. The van der Waals surface area contributed by atoms with E-state index in [1.807, 2.05) is 6.92 Å². The molecule has 0 spiro atoms. The lowest BCUT2D eigenvalue weighted by Crippen LogP contribution is -2.36. The molecule has 0 saturated carbocycles. The predicted molar refractivity (Wildman–Crippen MR) is 113 cm³/mol. The second-order valence-electron chi connectivity index (χ2n) is 7.51. The maximum atomic E-state index is 12.8. The molecule has 0 aromatic heterocycles. The Balaban J connectivity index is 1.46. The van der Waals surface area contributed by atoms with Crippen LogP contribution in [0.4, 0.5) is 5.69 Å². The molecule has 31 heavy (non-hydrogen) atoms. The molecule has 2 heterocycles. The lowest BCUT2D eigenvalue weighted by Gasteiger charge is -2.17. The van der Waals surface area contributed by atoms with E-state index in [4.69, 9.17) is 4.74 Å². The molecule has 0 bridgehead atoms. The van der Waals surface area contributed by atoms with Gasteiger partial charge in [0.05, 0.1) is 23.8 Å². The molecule has 2 N–H and O–H groups in total. The van der Waals surface area contributed by atoms with E-state index in [-0.39, 0.29) is 35.6 Å². The molecule has 8 nitrogen and oxygen atoms in total. The number of ether oxygens (including phenoxy) is 1. The van der Waals surface area contributed by atoms with Gasteiger partial charge in [0, 0.05) is 30.0 Å². The Morgan fingerprint density at radius 2 is 1.71 bits per heavy atom. The van der Waals surface area contributed by atoms with Gasteiger partial charge in [-0.15, -0.1) is 0 Å². The highest BCUT2D eigenvalue weighted by molar-refractivity contribution is 6.22. The topological polar surface area (TPSA) is 105 Å². The van der Waals surface area contributed by atoms with Crippen molar-refractivity contribution in [3.8, 4) is 0 Å². The van der Waals surface area contributed by atoms with Crippen molar-refractivity contribution in [2.75, 3.05) is 25.0 Å². The van der Waals surface area contributed by atoms with Gasteiger partial charge in [-0.2, -0.15) is 0 Å². The highest BCUT2D eigenvalue weighted by Gasteiger charge is 2.37. The number of nitrogens with one attached hydrogen (secondary N) is 2. The highest BCUT2D eigenvalue weighted by atomic mass is 16.5. The molecular weight excluding hydrogens is 398 g/mol. The van der Waals surface area contributed by atoms with Crippen LogP contribution >= 0.6 is 0 Å². The molecule has 8 heteroatoms. The number of imide groups is 1. The van der Waals surface area contributed by atoms with Crippen LogP contribution in [0.15, 0.2) is 42.5 Å². The van der Waals surface area contributed by atoms with Crippen molar-refractivity contribution in [1.29, 1.82) is 0 Å². The van der Waals surface area contributed by atoms with E-state index < -0.39 is 11.8 Å². The second kappa shape index (κ2) is 8.69. The fourth-order valence-corrected chi connectivity index (χ4v) is 3.76. The van der Waals surface area contributed by atoms with Crippen molar-refractivity contribution in [3.63, 3.8) is 0 Å².